The molecule has 114 valence electrons. The van der Waals surface area contributed by atoms with Gasteiger partial charge in [0.05, 0.1) is 10.7 Å². The summed E-state index contributed by atoms with van der Waals surface area (Å²) >= 11 is 6.16. The third-order valence-electron chi connectivity index (χ3n) is 4.45. The lowest BCUT2D eigenvalue weighted by Crippen LogP contribution is -2.41. The predicted octanol–water partition coefficient (Wildman–Crippen LogP) is 3.35. The van der Waals surface area contributed by atoms with E-state index in [2.05, 4.69) is 10.2 Å². The Morgan fingerprint density at radius 1 is 1.29 bits per heavy atom. The molecule has 5 heteroatoms. The molecule has 2 fully saturated rings. The Morgan fingerprint density at radius 2 is 2.10 bits per heavy atom. The maximum Gasteiger partial charge on any atom is 0.321 e. The van der Waals surface area contributed by atoms with Gasteiger partial charge in [0, 0.05) is 25.7 Å². The van der Waals surface area contributed by atoms with Crippen LogP contribution in [0.1, 0.15) is 24.8 Å². The van der Waals surface area contributed by atoms with E-state index in [1.807, 2.05) is 30.0 Å². The van der Waals surface area contributed by atoms with E-state index in [1.165, 1.54) is 19.4 Å². The fourth-order valence-electron chi connectivity index (χ4n) is 3.32. The second-order valence-electron chi connectivity index (χ2n) is 6.05. The van der Waals surface area contributed by atoms with Crippen LogP contribution < -0.4 is 5.32 Å². The standard InChI is InChI=1S/C16H22ClN3O/c1-12-5-6-14(17)15(10-12)18-16(21)20-9-3-8-19-7-2-4-13(19)11-20/h5-6,10,13H,2-4,7-9,11H2,1H3,(H,18,21)/t13-/m0/s1. The van der Waals surface area contributed by atoms with Gasteiger partial charge in [0.25, 0.3) is 0 Å². The van der Waals surface area contributed by atoms with Crippen LogP contribution in [0.3, 0.4) is 0 Å². The zero-order valence-corrected chi connectivity index (χ0v) is 13.2. The molecule has 0 bridgehead atoms. The molecular formula is C16H22ClN3O. The first-order valence-electron chi connectivity index (χ1n) is 7.69. The van der Waals surface area contributed by atoms with Gasteiger partial charge in [-0.3, -0.25) is 4.90 Å². The zero-order chi connectivity index (χ0) is 14.8. The Bertz CT molecular complexity index is 534. The summed E-state index contributed by atoms with van der Waals surface area (Å²) in [4.78, 5) is 17.0. The van der Waals surface area contributed by atoms with E-state index in [0.717, 1.165) is 31.6 Å². The van der Waals surface area contributed by atoms with Crippen molar-refractivity contribution in [1.82, 2.24) is 9.80 Å². The molecule has 2 heterocycles. The minimum Gasteiger partial charge on any atom is -0.323 e. The molecule has 0 radical (unpaired) electrons. The van der Waals surface area contributed by atoms with Crippen molar-refractivity contribution in [3.63, 3.8) is 0 Å². The molecule has 1 N–H and O–H groups in total. The number of urea groups is 1. The molecule has 0 aromatic heterocycles. The molecule has 1 aromatic rings. The third-order valence-corrected chi connectivity index (χ3v) is 4.78. The van der Waals surface area contributed by atoms with Crippen LogP contribution in [0.4, 0.5) is 10.5 Å². The number of rotatable bonds is 1. The molecular weight excluding hydrogens is 286 g/mol. The van der Waals surface area contributed by atoms with Crippen molar-refractivity contribution >= 4 is 23.3 Å². The lowest BCUT2D eigenvalue weighted by atomic mass is 10.2. The first-order valence-corrected chi connectivity index (χ1v) is 8.07. The second-order valence-corrected chi connectivity index (χ2v) is 6.45. The summed E-state index contributed by atoms with van der Waals surface area (Å²) in [6, 6.07) is 6.19. The van der Waals surface area contributed by atoms with Crippen LogP contribution in [-0.2, 0) is 0 Å². The molecule has 4 nitrogen and oxygen atoms in total. The molecule has 3 rings (SSSR count). The number of hydrogen-bond acceptors (Lipinski definition) is 2. The number of nitrogens with one attached hydrogen (secondary N) is 1. The highest BCUT2D eigenvalue weighted by molar-refractivity contribution is 6.33. The molecule has 0 aliphatic carbocycles. The summed E-state index contributed by atoms with van der Waals surface area (Å²) in [5, 5.41) is 3.55. The number of nitrogens with zero attached hydrogens (tertiary/aromatic N) is 2. The number of anilines is 1. The molecule has 2 saturated heterocycles. The van der Waals surface area contributed by atoms with Crippen LogP contribution in [0.5, 0.6) is 0 Å². The zero-order valence-electron chi connectivity index (χ0n) is 12.4. The smallest absolute Gasteiger partial charge is 0.321 e. The quantitative estimate of drug-likeness (QED) is 0.863. The normalized spacial score (nSPS) is 22.8. The highest BCUT2D eigenvalue weighted by Gasteiger charge is 2.30. The van der Waals surface area contributed by atoms with Crippen molar-refractivity contribution < 1.29 is 4.79 Å². The van der Waals surface area contributed by atoms with Crippen LogP contribution in [0.2, 0.25) is 5.02 Å². The number of amides is 2. The summed E-state index contributed by atoms with van der Waals surface area (Å²) < 4.78 is 0. The van der Waals surface area contributed by atoms with E-state index in [9.17, 15) is 4.79 Å². The van der Waals surface area contributed by atoms with Crippen molar-refractivity contribution in [2.24, 2.45) is 0 Å². The van der Waals surface area contributed by atoms with Gasteiger partial charge in [-0.25, -0.2) is 4.79 Å². The Morgan fingerprint density at radius 3 is 2.95 bits per heavy atom. The minimum atomic E-state index is -0.0312. The average molecular weight is 308 g/mol. The first-order chi connectivity index (χ1) is 10.1. The fourth-order valence-corrected chi connectivity index (χ4v) is 3.49. The van der Waals surface area contributed by atoms with Crippen LogP contribution in [0.15, 0.2) is 18.2 Å². The predicted molar refractivity (Wildman–Crippen MR) is 86.0 cm³/mol. The van der Waals surface area contributed by atoms with Gasteiger partial charge in [0.1, 0.15) is 0 Å². The van der Waals surface area contributed by atoms with Crippen molar-refractivity contribution in [2.45, 2.75) is 32.2 Å². The van der Waals surface area contributed by atoms with E-state index in [0.29, 0.717) is 16.8 Å². The summed E-state index contributed by atoms with van der Waals surface area (Å²) in [5.74, 6) is 0. The first kappa shape index (κ1) is 14.7. The number of carbonyl (C=O) groups is 1. The Hall–Kier alpha value is -1.26. The van der Waals surface area contributed by atoms with Gasteiger partial charge in [-0.05, 0) is 50.4 Å². The Kier molecular flexibility index (Phi) is 4.36. The van der Waals surface area contributed by atoms with Gasteiger partial charge in [0.15, 0.2) is 0 Å². The number of carbonyl (C=O) groups excluding carboxylic acids is 1. The number of hydrogen-bond donors (Lipinski definition) is 1. The van der Waals surface area contributed by atoms with Gasteiger partial charge in [0.2, 0.25) is 0 Å². The summed E-state index contributed by atoms with van der Waals surface area (Å²) in [6.45, 7) is 5.94. The van der Waals surface area contributed by atoms with Gasteiger partial charge in [-0.2, -0.15) is 0 Å². The fraction of sp³-hybridized carbons (Fsp3) is 0.562. The second kappa shape index (κ2) is 6.24. The van der Waals surface area contributed by atoms with E-state index >= 15 is 0 Å². The molecule has 21 heavy (non-hydrogen) atoms. The maximum absolute atomic E-state index is 12.5. The summed E-state index contributed by atoms with van der Waals surface area (Å²) in [5.41, 5.74) is 1.79. The molecule has 0 unspecified atom stereocenters. The summed E-state index contributed by atoms with van der Waals surface area (Å²) in [7, 11) is 0. The third kappa shape index (κ3) is 3.33. The lowest BCUT2D eigenvalue weighted by Gasteiger charge is -2.26. The molecule has 2 aliphatic heterocycles. The van der Waals surface area contributed by atoms with Crippen LogP contribution in [0.25, 0.3) is 0 Å². The van der Waals surface area contributed by atoms with Crippen molar-refractivity contribution in [3.8, 4) is 0 Å². The number of benzene rings is 1. The van der Waals surface area contributed by atoms with Crippen LogP contribution in [0, 0.1) is 6.92 Å². The highest BCUT2D eigenvalue weighted by atomic mass is 35.5. The topological polar surface area (TPSA) is 35.6 Å². The molecule has 1 aromatic carbocycles. The molecule has 2 amide bonds. The van der Waals surface area contributed by atoms with Crippen molar-refractivity contribution in [3.05, 3.63) is 28.8 Å². The van der Waals surface area contributed by atoms with Gasteiger partial charge >= 0.3 is 6.03 Å². The SMILES string of the molecule is Cc1ccc(Cl)c(NC(=O)N2CCCN3CCC[C@H]3C2)c1. The van der Waals surface area contributed by atoms with Crippen molar-refractivity contribution in [1.29, 1.82) is 0 Å². The van der Waals surface area contributed by atoms with E-state index in [4.69, 9.17) is 11.6 Å². The molecule has 2 aliphatic rings. The molecule has 0 saturated carbocycles. The molecule has 1 atom stereocenters. The molecule has 0 spiro atoms. The van der Waals surface area contributed by atoms with Crippen LogP contribution >= 0.6 is 11.6 Å². The highest BCUT2D eigenvalue weighted by Crippen LogP contribution is 2.25. The van der Waals surface area contributed by atoms with Gasteiger partial charge in [-0.1, -0.05) is 17.7 Å². The Labute approximate surface area is 131 Å². The maximum atomic E-state index is 12.5. The summed E-state index contributed by atoms with van der Waals surface area (Å²) in [6.07, 6.45) is 3.50. The van der Waals surface area contributed by atoms with Crippen LogP contribution in [-0.4, -0.2) is 48.1 Å². The Balaban J connectivity index is 1.68. The van der Waals surface area contributed by atoms with Crippen molar-refractivity contribution in [2.75, 3.05) is 31.5 Å². The lowest BCUT2D eigenvalue weighted by molar-refractivity contribution is 0.200. The van der Waals surface area contributed by atoms with E-state index in [1.54, 1.807) is 0 Å². The van der Waals surface area contributed by atoms with E-state index < -0.39 is 0 Å². The number of halogens is 1. The van der Waals surface area contributed by atoms with Gasteiger partial charge in [-0.15, -0.1) is 0 Å². The monoisotopic (exact) mass is 307 g/mol. The average Bonchev–Trinajstić information content (AvgIpc) is 2.80. The van der Waals surface area contributed by atoms with Gasteiger partial charge < -0.3 is 10.2 Å². The largest absolute Gasteiger partial charge is 0.323 e. The van der Waals surface area contributed by atoms with E-state index in [-0.39, 0.29) is 6.03 Å². The number of aryl methyl sites for hydroxylation is 1. The number of fused-ring (bicyclic) bond motifs is 1. The minimum absolute atomic E-state index is 0.0312.